The van der Waals surface area contributed by atoms with Crippen LogP contribution in [0.25, 0.3) is 0 Å². The first-order valence-electron chi connectivity index (χ1n) is 4.18. The lowest BCUT2D eigenvalue weighted by Gasteiger charge is -2.04. The van der Waals surface area contributed by atoms with Gasteiger partial charge in [-0.2, -0.15) is 0 Å². The Hall–Kier alpha value is -1.06. The van der Waals surface area contributed by atoms with Crippen LogP contribution in [-0.2, 0) is 11.2 Å². The van der Waals surface area contributed by atoms with Gasteiger partial charge in [-0.25, -0.2) is 0 Å². The van der Waals surface area contributed by atoms with E-state index in [1.54, 1.807) is 7.11 Å². The summed E-state index contributed by atoms with van der Waals surface area (Å²) >= 11 is 0. The third-order valence-electron chi connectivity index (χ3n) is 1.67. The van der Waals surface area contributed by atoms with Gasteiger partial charge in [0.25, 0.3) is 0 Å². The third kappa shape index (κ3) is 3.44. The SMILES string of the molecule is COCOc1ccc(CCO)cc1. The van der Waals surface area contributed by atoms with Crippen molar-refractivity contribution >= 4 is 0 Å². The second kappa shape index (κ2) is 5.56. The van der Waals surface area contributed by atoms with Crippen LogP contribution in [0, 0.1) is 0 Å². The summed E-state index contributed by atoms with van der Waals surface area (Å²) in [5.41, 5.74) is 1.10. The molecular weight excluding hydrogens is 168 g/mol. The van der Waals surface area contributed by atoms with E-state index in [4.69, 9.17) is 14.6 Å². The summed E-state index contributed by atoms with van der Waals surface area (Å²) in [4.78, 5) is 0. The Kier molecular flexibility index (Phi) is 4.29. The van der Waals surface area contributed by atoms with Gasteiger partial charge in [0.2, 0.25) is 0 Å². The molecule has 3 nitrogen and oxygen atoms in total. The minimum atomic E-state index is 0.179. The second-order valence-corrected chi connectivity index (χ2v) is 2.67. The van der Waals surface area contributed by atoms with Gasteiger partial charge in [-0.15, -0.1) is 0 Å². The van der Waals surface area contributed by atoms with Crippen LogP contribution in [0.5, 0.6) is 5.75 Å². The zero-order chi connectivity index (χ0) is 9.52. The molecule has 0 bridgehead atoms. The minimum absolute atomic E-state index is 0.179. The van der Waals surface area contributed by atoms with Gasteiger partial charge in [-0.3, -0.25) is 0 Å². The fraction of sp³-hybridized carbons (Fsp3) is 0.400. The molecule has 1 aromatic rings. The van der Waals surface area contributed by atoms with Crippen LogP contribution < -0.4 is 4.74 Å². The van der Waals surface area contributed by atoms with Crippen molar-refractivity contribution in [2.75, 3.05) is 20.5 Å². The number of rotatable bonds is 5. The molecule has 1 N–H and O–H groups in total. The Morgan fingerprint density at radius 3 is 2.46 bits per heavy atom. The van der Waals surface area contributed by atoms with E-state index < -0.39 is 0 Å². The van der Waals surface area contributed by atoms with Crippen LogP contribution in [0.4, 0.5) is 0 Å². The van der Waals surface area contributed by atoms with Gasteiger partial charge in [0.1, 0.15) is 5.75 Å². The molecule has 0 spiro atoms. The average Bonchev–Trinajstić information content (AvgIpc) is 2.17. The molecule has 0 amide bonds. The maximum absolute atomic E-state index is 8.68. The average molecular weight is 182 g/mol. The number of ether oxygens (including phenoxy) is 2. The second-order valence-electron chi connectivity index (χ2n) is 2.67. The van der Waals surface area contributed by atoms with E-state index in [1.165, 1.54) is 0 Å². The lowest BCUT2D eigenvalue weighted by Crippen LogP contribution is -1.98. The maximum Gasteiger partial charge on any atom is 0.188 e. The van der Waals surface area contributed by atoms with E-state index in [0.717, 1.165) is 11.3 Å². The zero-order valence-corrected chi connectivity index (χ0v) is 7.69. The highest BCUT2D eigenvalue weighted by Crippen LogP contribution is 2.12. The van der Waals surface area contributed by atoms with Gasteiger partial charge in [0.15, 0.2) is 6.79 Å². The molecular formula is C10H14O3. The predicted octanol–water partition coefficient (Wildman–Crippen LogP) is 1.20. The lowest BCUT2D eigenvalue weighted by atomic mass is 10.1. The van der Waals surface area contributed by atoms with E-state index >= 15 is 0 Å². The Morgan fingerprint density at radius 2 is 1.92 bits per heavy atom. The molecule has 0 radical (unpaired) electrons. The van der Waals surface area contributed by atoms with Gasteiger partial charge in [0.05, 0.1) is 0 Å². The molecule has 3 heteroatoms. The van der Waals surface area contributed by atoms with Gasteiger partial charge in [-0.1, -0.05) is 12.1 Å². The van der Waals surface area contributed by atoms with Crippen molar-refractivity contribution in [3.8, 4) is 5.75 Å². The van der Waals surface area contributed by atoms with Crippen molar-refractivity contribution in [3.63, 3.8) is 0 Å². The molecule has 0 aromatic heterocycles. The molecule has 0 aliphatic heterocycles. The highest BCUT2D eigenvalue weighted by atomic mass is 16.7. The highest BCUT2D eigenvalue weighted by molar-refractivity contribution is 5.27. The van der Waals surface area contributed by atoms with Crippen LogP contribution in [0.2, 0.25) is 0 Å². The van der Waals surface area contributed by atoms with Crippen molar-refractivity contribution in [3.05, 3.63) is 29.8 Å². The summed E-state index contributed by atoms with van der Waals surface area (Å²) in [6.07, 6.45) is 0.685. The van der Waals surface area contributed by atoms with Crippen LogP contribution in [0.15, 0.2) is 24.3 Å². The van der Waals surface area contributed by atoms with Crippen molar-refractivity contribution in [1.29, 1.82) is 0 Å². The highest BCUT2D eigenvalue weighted by Gasteiger charge is 1.94. The molecule has 0 heterocycles. The molecule has 0 atom stereocenters. The summed E-state index contributed by atoms with van der Waals surface area (Å²) < 4.78 is 9.96. The largest absolute Gasteiger partial charge is 0.468 e. The quantitative estimate of drug-likeness (QED) is 0.695. The number of aliphatic hydroxyl groups excluding tert-OH is 1. The standard InChI is InChI=1S/C10H14O3/c1-12-8-13-10-4-2-9(3-5-10)6-7-11/h2-5,11H,6-8H2,1H3. The van der Waals surface area contributed by atoms with Crippen molar-refractivity contribution < 1.29 is 14.6 Å². The van der Waals surface area contributed by atoms with Gasteiger partial charge in [0, 0.05) is 13.7 Å². The summed E-state index contributed by atoms with van der Waals surface area (Å²) in [5.74, 6) is 0.781. The van der Waals surface area contributed by atoms with E-state index in [0.29, 0.717) is 6.42 Å². The molecule has 72 valence electrons. The molecule has 0 aliphatic carbocycles. The van der Waals surface area contributed by atoms with Gasteiger partial charge in [-0.05, 0) is 24.1 Å². The van der Waals surface area contributed by atoms with Crippen molar-refractivity contribution in [2.45, 2.75) is 6.42 Å². The van der Waals surface area contributed by atoms with Gasteiger partial charge < -0.3 is 14.6 Å². The first-order valence-corrected chi connectivity index (χ1v) is 4.18. The Balaban J connectivity index is 2.48. The summed E-state index contributed by atoms with van der Waals surface area (Å²) in [5, 5.41) is 8.68. The van der Waals surface area contributed by atoms with Crippen LogP contribution in [-0.4, -0.2) is 25.6 Å². The molecule has 0 aliphatic rings. The number of hydrogen-bond donors (Lipinski definition) is 1. The topological polar surface area (TPSA) is 38.7 Å². The normalized spacial score (nSPS) is 10.0. The zero-order valence-electron chi connectivity index (χ0n) is 7.69. The molecule has 0 fully saturated rings. The molecule has 1 aromatic carbocycles. The number of benzene rings is 1. The fourth-order valence-corrected chi connectivity index (χ4v) is 1.01. The van der Waals surface area contributed by atoms with Crippen LogP contribution in [0.1, 0.15) is 5.56 Å². The van der Waals surface area contributed by atoms with E-state index in [2.05, 4.69) is 0 Å². The van der Waals surface area contributed by atoms with Crippen LogP contribution in [0.3, 0.4) is 0 Å². The summed E-state index contributed by atoms with van der Waals surface area (Å²) in [7, 11) is 1.58. The summed E-state index contributed by atoms with van der Waals surface area (Å²) in [6.45, 7) is 0.442. The number of hydrogen-bond acceptors (Lipinski definition) is 3. The fourth-order valence-electron chi connectivity index (χ4n) is 1.01. The first kappa shape index (κ1) is 10.0. The smallest absolute Gasteiger partial charge is 0.188 e. The van der Waals surface area contributed by atoms with Gasteiger partial charge >= 0.3 is 0 Å². The Labute approximate surface area is 77.9 Å². The Morgan fingerprint density at radius 1 is 1.23 bits per heavy atom. The van der Waals surface area contributed by atoms with Crippen molar-refractivity contribution in [1.82, 2.24) is 0 Å². The lowest BCUT2D eigenvalue weighted by molar-refractivity contribution is 0.0511. The summed E-state index contributed by atoms with van der Waals surface area (Å²) in [6, 6.07) is 7.59. The third-order valence-corrected chi connectivity index (χ3v) is 1.67. The van der Waals surface area contributed by atoms with E-state index in [1.807, 2.05) is 24.3 Å². The minimum Gasteiger partial charge on any atom is -0.468 e. The number of methoxy groups -OCH3 is 1. The maximum atomic E-state index is 8.68. The van der Waals surface area contributed by atoms with Crippen molar-refractivity contribution in [2.24, 2.45) is 0 Å². The monoisotopic (exact) mass is 182 g/mol. The number of aliphatic hydroxyl groups is 1. The van der Waals surface area contributed by atoms with E-state index in [-0.39, 0.29) is 13.4 Å². The van der Waals surface area contributed by atoms with E-state index in [9.17, 15) is 0 Å². The molecule has 0 saturated heterocycles. The molecule has 13 heavy (non-hydrogen) atoms. The molecule has 1 rings (SSSR count). The molecule has 0 unspecified atom stereocenters. The van der Waals surface area contributed by atoms with Crippen LogP contribution >= 0.6 is 0 Å². The predicted molar refractivity (Wildman–Crippen MR) is 49.7 cm³/mol. The Bertz CT molecular complexity index is 230. The molecule has 0 saturated carbocycles. The first-order chi connectivity index (χ1) is 6.36.